The molecule has 2 amide bonds. The lowest BCUT2D eigenvalue weighted by Crippen LogP contribution is -2.51. The number of likely N-dealkylation sites (tertiary alicyclic amines) is 1. The third-order valence-electron chi connectivity index (χ3n) is 5.80. The summed E-state index contributed by atoms with van der Waals surface area (Å²) in [5, 5.41) is 0.841. The van der Waals surface area contributed by atoms with Gasteiger partial charge >= 0.3 is 0 Å². The van der Waals surface area contributed by atoms with Crippen molar-refractivity contribution in [3.8, 4) is 5.75 Å². The molecule has 2 aliphatic heterocycles. The molecule has 2 atom stereocenters. The summed E-state index contributed by atoms with van der Waals surface area (Å²) < 4.78 is 16.8. The molecule has 29 heavy (non-hydrogen) atoms. The standard InChI is InChI=1S/C22H28N2O5/c1-14-12-24(13-15(2)28-14)21(25)16-7-9-23(10-8-16)22(26)19-11-17-5-4-6-18(27-3)20(17)29-19/h4-6,11,14-16H,7-10,12-13H2,1-3H3. The van der Waals surface area contributed by atoms with Crippen molar-refractivity contribution >= 4 is 22.8 Å². The lowest BCUT2D eigenvalue weighted by atomic mass is 9.94. The van der Waals surface area contributed by atoms with Crippen molar-refractivity contribution in [1.82, 2.24) is 9.80 Å². The largest absolute Gasteiger partial charge is 0.493 e. The first-order valence-electron chi connectivity index (χ1n) is 10.3. The SMILES string of the molecule is COc1cccc2cc(C(=O)N3CCC(C(=O)N4CC(C)OC(C)C4)CC3)oc12. The molecule has 0 N–H and O–H groups in total. The number of nitrogens with zero attached hydrogens (tertiary/aromatic N) is 2. The normalized spacial score (nSPS) is 23.4. The van der Waals surface area contributed by atoms with Crippen molar-refractivity contribution in [3.05, 3.63) is 30.0 Å². The van der Waals surface area contributed by atoms with E-state index in [9.17, 15) is 9.59 Å². The zero-order valence-electron chi connectivity index (χ0n) is 17.2. The van der Waals surface area contributed by atoms with Crippen LogP contribution in [0.25, 0.3) is 11.0 Å². The van der Waals surface area contributed by atoms with E-state index in [1.54, 1.807) is 18.1 Å². The predicted molar refractivity (Wildman–Crippen MR) is 108 cm³/mol. The number of ether oxygens (including phenoxy) is 2. The fourth-order valence-corrected chi connectivity index (χ4v) is 4.40. The number of fused-ring (bicyclic) bond motifs is 1. The maximum absolute atomic E-state index is 12.9. The topological polar surface area (TPSA) is 72.2 Å². The summed E-state index contributed by atoms with van der Waals surface area (Å²) in [6.45, 7) is 6.39. The highest BCUT2D eigenvalue weighted by molar-refractivity contribution is 5.97. The van der Waals surface area contributed by atoms with Crippen LogP contribution >= 0.6 is 0 Å². The van der Waals surface area contributed by atoms with Crippen molar-refractivity contribution in [1.29, 1.82) is 0 Å². The van der Waals surface area contributed by atoms with Gasteiger partial charge in [0.05, 0.1) is 19.3 Å². The van der Waals surface area contributed by atoms with E-state index in [2.05, 4.69) is 0 Å². The highest BCUT2D eigenvalue weighted by Crippen LogP contribution is 2.30. The summed E-state index contributed by atoms with van der Waals surface area (Å²) in [6, 6.07) is 7.33. The highest BCUT2D eigenvalue weighted by Gasteiger charge is 2.34. The van der Waals surface area contributed by atoms with E-state index in [0.717, 1.165) is 5.39 Å². The Morgan fingerprint density at radius 1 is 1.07 bits per heavy atom. The summed E-state index contributed by atoms with van der Waals surface area (Å²) in [7, 11) is 1.58. The number of carbonyl (C=O) groups excluding carboxylic acids is 2. The zero-order chi connectivity index (χ0) is 20.5. The lowest BCUT2D eigenvalue weighted by molar-refractivity contribution is -0.148. The molecule has 0 spiro atoms. The first-order valence-corrected chi connectivity index (χ1v) is 10.3. The van der Waals surface area contributed by atoms with Gasteiger partial charge in [-0.25, -0.2) is 0 Å². The minimum atomic E-state index is -0.136. The summed E-state index contributed by atoms with van der Waals surface area (Å²) in [5.41, 5.74) is 0.582. The van der Waals surface area contributed by atoms with Gasteiger partial charge in [0.15, 0.2) is 17.1 Å². The zero-order valence-corrected chi connectivity index (χ0v) is 17.2. The van der Waals surface area contributed by atoms with Crippen LogP contribution in [0, 0.1) is 5.92 Å². The van der Waals surface area contributed by atoms with Crippen LogP contribution in [-0.4, -0.2) is 67.1 Å². The van der Waals surface area contributed by atoms with Crippen LogP contribution in [0.1, 0.15) is 37.2 Å². The first kappa shape index (κ1) is 19.8. The Hall–Kier alpha value is -2.54. The van der Waals surface area contributed by atoms with Gasteiger partial charge in [-0.1, -0.05) is 12.1 Å². The molecular formula is C22H28N2O5. The lowest BCUT2D eigenvalue weighted by Gasteiger charge is -2.39. The molecule has 2 aromatic rings. The molecule has 2 unspecified atom stereocenters. The van der Waals surface area contributed by atoms with E-state index >= 15 is 0 Å². The fraction of sp³-hybridized carbons (Fsp3) is 0.545. The third kappa shape index (κ3) is 3.96. The number of hydrogen-bond donors (Lipinski definition) is 0. The molecule has 0 saturated carbocycles. The van der Waals surface area contributed by atoms with Crippen LogP contribution < -0.4 is 4.74 Å². The highest BCUT2D eigenvalue weighted by atomic mass is 16.5. The molecule has 1 aromatic carbocycles. The Morgan fingerprint density at radius 2 is 1.76 bits per heavy atom. The van der Waals surface area contributed by atoms with Gasteiger partial charge in [0.1, 0.15) is 0 Å². The monoisotopic (exact) mass is 400 g/mol. The van der Waals surface area contributed by atoms with Gasteiger partial charge in [0.25, 0.3) is 5.91 Å². The maximum Gasteiger partial charge on any atom is 0.289 e. The number of carbonyl (C=O) groups is 2. The number of piperidine rings is 1. The molecule has 2 saturated heterocycles. The van der Waals surface area contributed by atoms with Gasteiger partial charge in [-0.2, -0.15) is 0 Å². The average molecular weight is 400 g/mol. The number of methoxy groups -OCH3 is 1. The Labute approximate surface area is 170 Å². The third-order valence-corrected chi connectivity index (χ3v) is 5.80. The van der Waals surface area contributed by atoms with E-state index in [1.807, 2.05) is 36.9 Å². The number of rotatable bonds is 3. The quantitative estimate of drug-likeness (QED) is 0.792. The second kappa shape index (κ2) is 8.06. The van der Waals surface area contributed by atoms with Crippen LogP contribution in [0.5, 0.6) is 5.75 Å². The minimum absolute atomic E-state index is 0.0349. The van der Waals surface area contributed by atoms with Crippen LogP contribution in [0.15, 0.2) is 28.7 Å². The molecule has 2 fully saturated rings. The molecule has 0 aliphatic carbocycles. The van der Waals surface area contributed by atoms with Gasteiger partial charge in [0, 0.05) is 37.5 Å². The second-order valence-corrected chi connectivity index (χ2v) is 8.06. The number of para-hydroxylation sites is 1. The van der Waals surface area contributed by atoms with E-state index in [0.29, 0.717) is 56.1 Å². The van der Waals surface area contributed by atoms with Gasteiger partial charge < -0.3 is 23.7 Å². The maximum atomic E-state index is 12.9. The molecule has 3 heterocycles. The fourth-order valence-electron chi connectivity index (χ4n) is 4.40. The Kier molecular flexibility index (Phi) is 5.50. The van der Waals surface area contributed by atoms with Gasteiger partial charge in [0.2, 0.25) is 5.91 Å². The molecule has 7 nitrogen and oxygen atoms in total. The van der Waals surface area contributed by atoms with Crippen molar-refractivity contribution in [2.45, 2.75) is 38.9 Å². The molecule has 156 valence electrons. The molecule has 7 heteroatoms. The van der Waals surface area contributed by atoms with Crippen LogP contribution in [0.2, 0.25) is 0 Å². The molecule has 1 aromatic heterocycles. The molecule has 0 bridgehead atoms. The van der Waals surface area contributed by atoms with Crippen molar-refractivity contribution in [2.75, 3.05) is 33.3 Å². The first-order chi connectivity index (χ1) is 14.0. The summed E-state index contributed by atoms with van der Waals surface area (Å²) >= 11 is 0. The summed E-state index contributed by atoms with van der Waals surface area (Å²) in [5.74, 6) is 0.938. The Bertz CT molecular complexity index is 890. The molecule has 4 rings (SSSR count). The number of morpholine rings is 1. The van der Waals surface area contributed by atoms with Crippen molar-refractivity contribution in [3.63, 3.8) is 0 Å². The number of amides is 2. The van der Waals surface area contributed by atoms with Crippen LogP contribution in [0.4, 0.5) is 0 Å². The van der Waals surface area contributed by atoms with E-state index in [4.69, 9.17) is 13.9 Å². The number of hydrogen-bond acceptors (Lipinski definition) is 5. The van der Waals surface area contributed by atoms with E-state index in [-0.39, 0.29) is 29.9 Å². The molecular weight excluding hydrogens is 372 g/mol. The predicted octanol–water partition coefficient (Wildman–Crippen LogP) is 2.93. The number of benzene rings is 1. The van der Waals surface area contributed by atoms with Crippen LogP contribution in [-0.2, 0) is 9.53 Å². The summed E-state index contributed by atoms with van der Waals surface area (Å²) in [6.07, 6.45) is 1.48. The average Bonchev–Trinajstić information content (AvgIpc) is 3.16. The Morgan fingerprint density at radius 3 is 2.41 bits per heavy atom. The minimum Gasteiger partial charge on any atom is -0.493 e. The summed E-state index contributed by atoms with van der Waals surface area (Å²) in [4.78, 5) is 29.5. The van der Waals surface area contributed by atoms with Crippen molar-refractivity contribution < 1.29 is 23.5 Å². The van der Waals surface area contributed by atoms with Gasteiger partial charge in [-0.3, -0.25) is 9.59 Å². The Balaban J connectivity index is 1.39. The van der Waals surface area contributed by atoms with Crippen LogP contribution in [0.3, 0.4) is 0 Å². The second-order valence-electron chi connectivity index (χ2n) is 8.06. The smallest absolute Gasteiger partial charge is 0.289 e. The van der Waals surface area contributed by atoms with Gasteiger partial charge in [-0.05, 0) is 38.8 Å². The molecule has 2 aliphatic rings. The van der Waals surface area contributed by atoms with E-state index in [1.165, 1.54) is 0 Å². The van der Waals surface area contributed by atoms with Gasteiger partial charge in [-0.15, -0.1) is 0 Å². The number of furan rings is 1. The van der Waals surface area contributed by atoms with Crippen molar-refractivity contribution in [2.24, 2.45) is 5.92 Å². The molecule has 0 radical (unpaired) electrons. The van der Waals surface area contributed by atoms with E-state index < -0.39 is 0 Å².